The zero-order chi connectivity index (χ0) is 27.3. The summed E-state index contributed by atoms with van der Waals surface area (Å²) >= 11 is 0. The van der Waals surface area contributed by atoms with Gasteiger partial charge in [0.25, 0.3) is 0 Å². The molecule has 5 N–H and O–H groups in total. The van der Waals surface area contributed by atoms with E-state index >= 15 is 4.39 Å². The van der Waals surface area contributed by atoms with Crippen LogP contribution in [0.4, 0.5) is 14.9 Å². The predicted octanol–water partition coefficient (Wildman–Crippen LogP) is 1.34. The minimum absolute atomic E-state index is 0.0156. The third kappa shape index (κ3) is 5.53. The van der Waals surface area contributed by atoms with Gasteiger partial charge in [-0.2, -0.15) is 0 Å². The number of rotatable bonds is 7. The second kappa shape index (κ2) is 9.99. The van der Waals surface area contributed by atoms with Gasteiger partial charge in [-0.25, -0.2) is 9.18 Å². The molecule has 1 aromatic heterocycles. The number of benzene rings is 1. The lowest BCUT2D eigenvalue weighted by atomic mass is 10.1. The molecule has 1 unspecified atom stereocenters. The second-order valence-electron chi connectivity index (χ2n) is 8.97. The summed E-state index contributed by atoms with van der Waals surface area (Å²) in [5, 5.41) is 6.75. The van der Waals surface area contributed by atoms with Crippen LogP contribution >= 0.6 is 15.2 Å². The molecule has 1 aromatic carbocycles. The number of nitrogens with zero attached hydrogens (tertiary/aromatic N) is 3. The maximum absolute atomic E-state index is 15.4. The smallest absolute Gasteiger partial charge is 0.487 e. The molecule has 0 amide bonds. The van der Waals surface area contributed by atoms with E-state index < -0.39 is 50.2 Å². The van der Waals surface area contributed by atoms with Gasteiger partial charge >= 0.3 is 21.3 Å². The van der Waals surface area contributed by atoms with E-state index in [1.165, 1.54) is 6.20 Å². The van der Waals surface area contributed by atoms with Crippen molar-refractivity contribution in [1.29, 1.82) is 0 Å². The van der Waals surface area contributed by atoms with E-state index in [-0.39, 0.29) is 49.1 Å². The summed E-state index contributed by atoms with van der Waals surface area (Å²) in [5.74, 6) is -1.09. The summed E-state index contributed by atoms with van der Waals surface area (Å²) < 4.78 is 50.5. The Hall–Kier alpha value is -2.51. The van der Waals surface area contributed by atoms with Crippen LogP contribution in [0.5, 0.6) is 11.5 Å². The number of hydrogen-bond acceptors (Lipinski definition) is 8. The van der Waals surface area contributed by atoms with Crippen molar-refractivity contribution in [3.63, 3.8) is 0 Å². The minimum atomic E-state index is -5.02. The lowest BCUT2D eigenvalue weighted by molar-refractivity contribution is 0.143. The molecule has 14 nitrogen and oxygen atoms in total. The number of pyridine rings is 1. The maximum atomic E-state index is 15.4. The van der Waals surface area contributed by atoms with E-state index in [1.807, 2.05) is 0 Å². The monoisotopic (exact) mass is 565 g/mol. The van der Waals surface area contributed by atoms with E-state index in [9.17, 15) is 38.3 Å². The van der Waals surface area contributed by atoms with Crippen molar-refractivity contribution in [1.82, 2.24) is 9.47 Å². The van der Waals surface area contributed by atoms with Crippen molar-refractivity contribution >= 4 is 37.9 Å². The Bertz CT molecular complexity index is 1360. The molecule has 0 aliphatic carbocycles. The van der Waals surface area contributed by atoms with Crippen molar-refractivity contribution < 1.29 is 52.5 Å². The predicted molar refractivity (Wildman–Crippen MR) is 128 cm³/mol. The van der Waals surface area contributed by atoms with E-state index in [0.29, 0.717) is 18.6 Å². The Kier molecular flexibility index (Phi) is 7.43. The molecule has 2 aromatic rings. The van der Waals surface area contributed by atoms with E-state index in [0.717, 1.165) is 6.07 Å². The molecule has 0 radical (unpaired) electrons. The number of ether oxygens (including phenoxy) is 2. The van der Waals surface area contributed by atoms with Gasteiger partial charge in [0, 0.05) is 26.2 Å². The molecule has 37 heavy (non-hydrogen) atoms. The molecular formula is C20H26FN3O11P2. The zero-order valence-corrected chi connectivity index (χ0v) is 21.3. The third-order valence-electron chi connectivity index (χ3n) is 6.48. The second-order valence-corrected chi connectivity index (χ2v) is 13.0. The normalized spacial score (nSPS) is 18.8. The number of piperazine rings is 1. The molecule has 0 spiro atoms. The lowest BCUT2D eigenvalue weighted by Crippen LogP contribution is -2.47. The fourth-order valence-electron chi connectivity index (χ4n) is 4.67. The summed E-state index contributed by atoms with van der Waals surface area (Å²) in [6.45, 7) is 3.05. The fraction of sp³-hybridized carbons (Fsp3) is 0.500. The van der Waals surface area contributed by atoms with Crippen LogP contribution in [0.2, 0.25) is 0 Å². The molecule has 0 bridgehead atoms. The fourth-order valence-corrected chi connectivity index (χ4v) is 7.14. The summed E-state index contributed by atoms with van der Waals surface area (Å²) in [4.78, 5) is 64.5. The Morgan fingerprint density at radius 3 is 2.38 bits per heavy atom. The van der Waals surface area contributed by atoms with Crippen LogP contribution in [0, 0.1) is 5.82 Å². The van der Waals surface area contributed by atoms with Crippen molar-refractivity contribution in [2.24, 2.45) is 0 Å². The first-order valence-corrected chi connectivity index (χ1v) is 14.6. The van der Waals surface area contributed by atoms with Crippen LogP contribution in [0.15, 0.2) is 17.1 Å². The van der Waals surface area contributed by atoms with E-state index in [1.54, 1.807) is 21.3 Å². The van der Waals surface area contributed by atoms with E-state index in [2.05, 4.69) is 4.74 Å². The standard InChI is InChI=1S/C20H26FN3O11P2/c1-11-10-34-19-16-12(18(25)14(9-24(11)16)35-20(26)27)8-13(21)17(19)23-6-4-22(5-7-23)3-2-15(36(28,29)30)37(31,32)33/h8-9,11,15H,2-7,10H2,1H3,(H,26,27)(H2,28,29,30)(H2,31,32,33). The van der Waals surface area contributed by atoms with Crippen LogP contribution in [-0.2, 0) is 9.13 Å². The SMILES string of the molecule is CC1COc2c(N3CCN(CCC(P(=O)(O)O)P(=O)(O)O)CC3)c(F)cc3c(=O)c(OC(=O)O)cn1c23. The Morgan fingerprint density at radius 2 is 1.81 bits per heavy atom. The maximum Gasteiger partial charge on any atom is 0.511 e. The average molecular weight is 565 g/mol. The highest BCUT2D eigenvalue weighted by Gasteiger charge is 2.43. The Morgan fingerprint density at radius 1 is 1.19 bits per heavy atom. The molecule has 4 rings (SSSR count). The van der Waals surface area contributed by atoms with Crippen LogP contribution in [0.1, 0.15) is 19.4 Å². The first kappa shape index (κ1) is 27.5. The summed E-state index contributed by atoms with van der Waals surface area (Å²) in [6, 6.07) is 0.707. The highest BCUT2D eigenvalue weighted by Crippen LogP contribution is 2.61. The highest BCUT2D eigenvalue weighted by molar-refractivity contribution is 7.70. The van der Waals surface area contributed by atoms with Gasteiger partial charge in [-0.05, 0) is 26.0 Å². The van der Waals surface area contributed by atoms with Crippen LogP contribution in [0.3, 0.4) is 0 Å². The Labute approximate surface area is 209 Å². The zero-order valence-electron chi connectivity index (χ0n) is 19.6. The number of anilines is 1. The van der Waals surface area contributed by atoms with Gasteiger partial charge in [0.1, 0.15) is 12.3 Å². The number of hydrogen-bond donors (Lipinski definition) is 5. The van der Waals surface area contributed by atoms with Crippen molar-refractivity contribution in [3.8, 4) is 11.5 Å². The van der Waals surface area contributed by atoms with Crippen molar-refractivity contribution in [2.45, 2.75) is 24.8 Å². The van der Waals surface area contributed by atoms with Gasteiger partial charge < -0.3 is 43.6 Å². The van der Waals surface area contributed by atoms with Gasteiger partial charge in [0.05, 0.1) is 23.1 Å². The van der Waals surface area contributed by atoms with Crippen molar-refractivity contribution in [2.75, 3.05) is 44.2 Å². The van der Waals surface area contributed by atoms with Gasteiger partial charge in [0.2, 0.25) is 5.43 Å². The van der Waals surface area contributed by atoms with Gasteiger partial charge in [-0.3, -0.25) is 18.8 Å². The molecule has 2 aliphatic heterocycles. The summed E-state index contributed by atoms with van der Waals surface area (Å²) in [6.07, 6.45) is -0.835. The van der Waals surface area contributed by atoms with Gasteiger partial charge in [0.15, 0.2) is 22.7 Å². The molecule has 0 saturated carbocycles. The highest BCUT2D eigenvalue weighted by atomic mass is 31.2. The summed E-state index contributed by atoms with van der Waals surface area (Å²) in [7, 11) is -10.0. The quantitative estimate of drug-likeness (QED) is 0.238. The van der Waals surface area contributed by atoms with Gasteiger partial charge in [-0.15, -0.1) is 0 Å². The largest absolute Gasteiger partial charge is 0.511 e. The van der Waals surface area contributed by atoms with Gasteiger partial charge in [-0.1, -0.05) is 0 Å². The molecule has 1 atom stereocenters. The number of halogens is 1. The molecule has 3 heterocycles. The molecule has 2 aliphatic rings. The molecule has 17 heteroatoms. The molecule has 204 valence electrons. The molecule has 1 fully saturated rings. The Balaban J connectivity index is 1.60. The van der Waals surface area contributed by atoms with Crippen LogP contribution in [0.25, 0.3) is 10.9 Å². The first-order chi connectivity index (χ1) is 17.2. The minimum Gasteiger partial charge on any atom is -0.487 e. The average Bonchev–Trinajstić information content (AvgIpc) is 2.77. The number of carbonyl (C=O) groups is 1. The van der Waals surface area contributed by atoms with E-state index in [4.69, 9.17) is 9.84 Å². The summed E-state index contributed by atoms with van der Waals surface area (Å²) in [5.41, 5.74) is -0.388. The molecule has 1 saturated heterocycles. The first-order valence-electron chi connectivity index (χ1n) is 11.2. The lowest BCUT2D eigenvalue weighted by Gasteiger charge is -2.38. The van der Waals surface area contributed by atoms with Crippen molar-refractivity contribution in [3.05, 3.63) is 28.3 Å². The molecular weight excluding hydrogens is 539 g/mol. The number of aromatic nitrogens is 1. The topological polar surface area (TPSA) is 199 Å². The van der Waals surface area contributed by atoms with Crippen LogP contribution < -0.4 is 19.8 Å². The number of carboxylic acid groups (broad SMARTS) is 1. The third-order valence-corrected chi connectivity index (χ3v) is 10.3. The van der Waals surface area contributed by atoms with Crippen LogP contribution in [-0.4, -0.2) is 85.0 Å².